The highest BCUT2D eigenvalue weighted by Gasteiger charge is 2.49. The van der Waals surface area contributed by atoms with E-state index in [0.717, 1.165) is 30.6 Å². The average molecular weight is 489 g/mol. The van der Waals surface area contributed by atoms with E-state index in [0.29, 0.717) is 32.1 Å². The van der Waals surface area contributed by atoms with Gasteiger partial charge in [-0.3, -0.25) is 19.7 Å². The summed E-state index contributed by atoms with van der Waals surface area (Å²) in [5, 5.41) is 19.2. The van der Waals surface area contributed by atoms with E-state index in [1.165, 1.54) is 5.56 Å². The zero-order valence-corrected chi connectivity index (χ0v) is 19.5. The Balaban J connectivity index is 1.47. The number of piperidine rings is 2. The quantitative estimate of drug-likeness (QED) is 0.434. The molecule has 4 amide bonds. The molecule has 0 spiro atoms. The molecule has 3 aliphatic heterocycles. The van der Waals surface area contributed by atoms with Crippen LogP contribution in [-0.4, -0.2) is 93.9 Å². The number of rotatable bonds is 4. The Morgan fingerprint density at radius 1 is 0.943 bits per heavy atom. The van der Waals surface area contributed by atoms with Gasteiger partial charge < -0.3 is 19.6 Å². The lowest BCUT2D eigenvalue weighted by molar-refractivity contribution is -0.152. The highest BCUT2D eigenvalue weighted by molar-refractivity contribution is 5.92. The first-order chi connectivity index (χ1) is 16.9. The molecule has 3 aliphatic rings. The van der Waals surface area contributed by atoms with Crippen LogP contribution in [0.15, 0.2) is 30.3 Å². The van der Waals surface area contributed by atoms with Gasteiger partial charge >= 0.3 is 12.2 Å². The Morgan fingerprint density at radius 3 is 2.20 bits per heavy atom. The molecular formula is C24H32N4O7. The first kappa shape index (κ1) is 24.8. The van der Waals surface area contributed by atoms with Gasteiger partial charge in [0.1, 0.15) is 12.1 Å². The summed E-state index contributed by atoms with van der Waals surface area (Å²) in [5.74, 6) is -2.25. The van der Waals surface area contributed by atoms with Crippen molar-refractivity contribution in [2.75, 3.05) is 32.7 Å². The SMILES string of the molecule is O=C(NO)[C@H]1C[C@H](OC(=O)N2CCCC2)CN(C(=O)O)[C@@H]1C(=O)N1CCC(c2ccccc2)CC1. The minimum absolute atomic E-state index is 0.0629. The maximum atomic E-state index is 13.5. The lowest BCUT2D eigenvalue weighted by atomic mass is 9.84. The predicted molar refractivity (Wildman–Crippen MR) is 123 cm³/mol. The largest absolute Gasteiger partial charge is 0.465 e. The molecule has 0 bridgehead atoms. The normalized spacial score (nSPS) is 25.3. The Kier molecular flexibility index (Phi) is 7.74. The number of hydroxylamine groups is 1. The molecule has 0 saturated carbocycles. The first-order valence-corrected chi connectivity index (χ1v) is 12.1. The molecule has 11 heteroatoms. The van der Waals surface area contributed by atoms with Crippen LogP contribution < -0.4 is 5.48 Å². The number of nitrogens with one attached hydrogen (secondary N) is 1. The molecule has 1 aromatic rings. The number of carboxylic acid groups (broad SMARTS) is 1. The molecule has 11 nitrogen and oxygen atoms in total. The number of hydrogen-bond acceptors (Lipinski definition) is 6. The van der Waals surface area contributed by atoms with E-state index in [9.17, 15) is 29.5 Å². The van der Waals surface area contributed by atoms with Crippen LogP contribution >= 0.6 is 0 Å². The van der Waals surface area contributed by atoms with E-state index >= 15 is 0 Å². The lowest BCUT2D eigenvalue weighted by Crippen LogP contribution is -2.63. The predicted octanol–water partition coefficient (Wildman–Crippen LogP) is 1.87. The van der Waals surface area contributed by atoms with Crippen LogP contribution in [0.25, 0.3) is 0 Å². The van der Waals surface area contributed by atoms with Crippen LogP contribution in [0.4, 0.5) is 9.59 Å². The van der Waals surface area contributed by atoms with Crippen LogP contribution in [0.3, 0.4) is 0 Å². The fourth-order valence-corrected chi connectivity index (χ4v) is 5.42. The molecule has 3 saturated heterocycles. The Labute approximate surface area is 203 Å². The topological polar surface area (TPSA) is 140 Å². The number of amides is 4. The van der Waals surface area contributed by atoms with E-state index in [1.54, 1.807) is 15.3 Å². The van der Waals surface area contributed by atoms with Gasteiger partial charge in [-0.1, -0.05) is 30.3 Å². The Morgan fingerprint density at radius 2 is 1.60 bits per heavy atom. The van der Waals surface area contributed by atoms with Crippen molar-refractivity contribution in [1.82, 2.24) is 20.2 Å². The monoisotopic (exact) mass is 488 g/mol. The van der Waals surface area contributed by atoms with Crippen molar-refractivity contribution < 1.29 is 34.2 Å². The van der Waals surface area contributed by atoms with E-state index in [4.69, 9.17) is 4.74 Å². The van der Waals surface area contributed by atoms with Gasteiger partial charge in [0.2, 0.25) is 11.8 Å². The second-order valence-electron chi connectivity index (χ2n) is 9.41. The summed E-state index contributed by atoms with van der Waals surface area (Å²) in [6.07, 6.45) is 0.267. The molecule has 0 aliphatic carbocycles. The molecule has 3 atom stereocenters. The number of likely N-dealkylation sites (tertiary alicyclic amines) is 3. The van der Waals surface area contributed by atoms with Crippen molar-refractivity contribution in [1.29, 1.82) is 0 Å². The molecule has 3 N–H and O–H groups in total. The molecular weight excluding hydrogens is 456 g/mol. The van der Waals surface area contributed by atoms with E-state index in [-0.39, 0.29) is 13.0 Å². The summed E-state index contributed by atoms with van der Waals surface area (Å²) >= 11 is 0. The summed E-state index contributed by atoms with van der Waals surface area (Å²) < 4.78 is 5.51. The zero-order chi connectivity index (χ0) is 24.9. The van der Waals surface area contributed by atoms with Gasteiger partial charge in [0.15, 0.2) is 0 Å². The third-order valence-electron chi connectivity index (χ3n) is 7.29. The third kappa shape index (κ3) is 5.50. The second-order valence-corrected chi connectivity index (χ2v) is 9.41. The number of ether oxygens (including phenoxy) is 1. The summed E-state index contributed by atoms with van der Waals surface area (Å²) in [7, 11) is 0. The molecule has 0 aromatic heterocycles. The molecule has 1 aromatic carbocycles. The highest BCUT2D eigenvalue weighted by atomic mass is 16.6. The van der Waals surface area contributed by atoms with Crippen LogP contribution in [0.5, 0.6) is 0 Å². The second kappa shape index (κ2) is 10.9. The van der Waals surface area contributed by atoms with E-state index < -0.39 is 42.1 Å². The third-order valence-corrected chi connectivity index (χ3v) is 7.29. The van der Waals surface area contributed by atoms with Gasteiger partial charge in [0.25, 0.3) is 0 Å². The molecule has 0 unspecified atom stereocenters. The molecule has 3 heterocycles. The van der Waals surface area contributed by atoms with Gasteiger partial charge in [-0.15, -0.1) is 0 Å². The number of carbonyl (C=O) groups is 4. The smallest absolute Gasteiger partial charge is 0.410 e. The minimum Gasteiger partial charge on any atom is -0.465 e. The Bertz CT molecular complexity index is 929. The fourth-order valence-electron chi connectivity index (χ4n) is 5.42. The van der Waals surface area contributed by atoms with Crippen molar-refractivity contribution in [2.45, 2.75) is 50.2 Å². The fraction of sp³-hybridized carbons (Fsp3) is 0.583. The summed E-state index contributed by atoms with van der Waals surface area (Å²) in [5.41, 5.74) is 2.76. The molecule has 190 valence electrons. The van der Waals surface area contributed by atoms with Gasteiger partial charge in [0.05, 0.1) is 12.5 Å². The van der Waals surface area contributed by atoms with Crippen LogP contribution in [0.1, 0.15) is 43.6 Å². The van der Waals surface area contributed by atoms with Crippen molar-refractivity contribution in [3.63, 3.8) is 0 Å². The summed E-state index contributed by atoms with van der Waals surface area (Å²) in [4.78, 5) is 54.7. The minimum atomic E-state index is -1.39. The van der Waals surface area contributed by atoms with Crippen molar-refractivity contribution in [3.05, 3.63) is 35.9 Å². The van der Waals surface area contributed by atoms with Gasteiger partial charge in [-0.05, 0) is 37.2 Å². The summed E-state index contributed by atoms with van der Waals surface area (Å²) in [6, 6.07) is 8.71. The van der Waals surface area contributed by atoms with Crippen LogP contribution in [0.2, 0.25) is 0 Å². The number of nitrogens with zero attached hydrogens (tertiary/aromatic N) is 3. The van der Waals surface area contributed by atoms with Crippen LogP contribution in [-0.2, 0) is 14.3 Å². The highest BCUT2D eigenvalue weighted by Crippen LogP contribution is 2.32. The molecule has 4 rings (SSSR count). The average Bonchev–Trinajstić information content (AvgIpc) is 3.43. The van der Waals surface area contributed by atoms with Crippen molar-refractivity contribution >= 4 is 24.0 Å². The van der Waals surface area contributed by atoms with Crippen molar-refractivity contribution in [3.8, 4) is 0 Å². The van der Waals surface area contributed by atoms with Crippen LogP contribution in [0, 0.1) is 5.92 Å². The maximum absolute atomic E-state index is 13.5. The zero-order valence-electron chi connectivity index (χ0n) is 19.5. The molecule has 35 heavy (non-hydrogen) atoms. The maximum Gasteiger partial charge on any atom is 0.410 e. The number of hydrogen-bond donors (Lipinski definition) is 3. The van der Waals surface area contributed by atoms with Gasteiger partial charge in [0, 0.05) is 32.6 Å². The van der Waals surface area contributed by atoms with E-state index in [1.807, 2.05) is 18.2 Å². The first-order valence-electron chi connectivity index (χ1n) is 12.1. The van der Waals surface area contributed by atoms with Gasteiger partial charge in [-0.2, -0.15) is 0 Å². The lowest BCUT2D eigenvalue weighted by Gasteiger charge is -2.44. The number of carbonyl (C=O) groups excluding carboxylic acids is 3. The van der Waals surface area contributed by atoms with Gasteiger partial charge in [-0.25, -0.2) is 15.1 Å². The standard InChI is InChI=1S/C24H32N4O7/c29-21(25-34)19-14-18(35-24(33)27-10-4-5-11-27)15-28(23(31)32)20(19)22(30)26-12-8-17(9-13-26)16-6-2-1-3-7-16/h1-3,6-7,17-20,34H,4-5,8-15H2,(H,25,29)(H,31,32)/t18-,19-,20-/m0/s1. The summed E-state index contributed by atoms with van der Waals surface area (Å²) in [6.45, 7) is 1.77. The number of benzene rings is 1. The van der Waals surface area contributed by atoms with E-state index in [2.05, 4.69) is 12.1 Å². The van der Waals surface area contributed by atoms with Crippen molar-refractivity contribution in [2.24, 2.45) is 5.92 Å². The Hall–Kier alpha value is -3.34. The molecule has 3 fully saturated rings. The molecule has 0 radical (unpaired) electrons.